The zero-order valence-electron chi connectivity index (χ0n) is 27.6. The first kappa shape index (κ1) is 35.8. The van der Waals surface area contributed by atoms with Gasteiger partial charge in [-0.05, 0) is 63.8 Å². The molecule has 5 atom stereocenters. The van der Waals surface area contributed by atoms with Gasteiger partial charge < -0.3 is 39.2 Å². The van der Waals surface area contributed by atoms with E-state index in [0.717, 1.165) is 0 Å². The number of amides is 3. The molecule has 0 radical (unpaired) electrons. The van der Waals surface area contributed by atoms with Crippen LogP contribution in [0.3, 0.4) is 0 Å². The number of carbonyl (C=O) groups is 5. The zero-order valence-corrected chi connectivity index (χ0v) is 27.6. The van der Waals surface area contributed by atoms with Crippen LogP contribution in [0.2, 0.25) is 0 Å². The first-order chi connectivity index (χ1) is 22.3. The first-order valence-electron chi connectivity index (χ1n) is 15.8. The van der Waals surface area contributed by atoms with E-state index in [1.54, 1.807) is 71.3 Å². The number of ether oxygens (including phenoxy) is 4. The van der Waals surface area contributed by atoms with Crippen molar-refractivity contribution in [3.63, 3.8) is 0 Å². The largest absolute Gasteiger partial charge is 0.460 e. The Morgan fingerprint density at radius 3 is 2.60 bits per heavy atom. The van der Waals surface area contributed by atoms with Crippen LogP contribution < -0.4 is 5.32 Å². The summed E-state index contributed by atoms with van der Waals surface area (Å²) in [6.07, 6.45) is 3.75. The van der Waals surface area contributed by atoms with Gasteiger partial charge in [0.05, 0.1) is 18.2 Å². The second kappa shape index (κ2) is 15.7. The molecular formula is C34H45N3O10. The van der Waals surface area contributed by atoms with Gasteiger partial charge in [-0.25, -0.2) is 4.79 Å². The van der Waals surface area contributed by atoms with Gasteiger partial charge in [0.15, 0.2) is 0 Å². The normalized spacial score (nSPS) is 23.1. The number of likely N-dealkylation sites (tertiary alicyclic amines) is 1. The number of fused-ring (bicyclic) bond motifs is 1. The van der Waals surface area contributed by atoms with Gasteiger partial charge in [0, 0.05) is 45.1 Å². The number of nitrogens with zero attached hydrogens (tertiary/aromatic N) is 2. The molecule has 1 aromatic carbocycles. The average molecular weight is 656 g/mol. The molecule has 0 spiro atoms. The van der Waals surface area contributed by atoms with Gasteiger partial charge in [-0.1, -0.05) is 18.2 Å². The Morgan fingerprint density at radius 2 is 1.89 bits per heavy atom. The van der Waals surface area contributed by atoms with Gasteiger partial charge >= 0.3 is 11.9 Å². The fraction of sp³-hybridized carbons (Fsp3) is 0.559. The fourth-order valence-electron chi connectivity index (χ4n) is 5.71. The highest BCUT2D eigenvalue weighted by molar-refractivity contribution is 5.99. The molecule has 0 aromatic heterocycles. The molecule has 4 rings (SSSR count). The minimum absolute atomic E-state index is 0.0165. The highest BCUT2D eigenvalue weighted by Gasteiger charge is 2.45. The van der Waals surface area contributed by atoms with Crippen LogP contribution in [-0.4, -0.2) is 115 Å². The Labute approximate surface area is 274 Å². The molecule has 13 heteroatoms. The maximum absolute atomic E-state index is 13.9. The summed E-state index contributed by atoms with van der Waals surface area (Å²) in [6.45, 7) is 5.22. The van der Waals surface area contributed by atoms with Crippen molar-refractivity contribution in [2.75, 3.05) is 34.0 Å². The highest BCUT2D eigenvalue weighted by atomic mass is 16.7. The number of hydrogen-bond donors (Lipinski definition) is 2. The lowest BCUT2D eigenvalue weighted by Gasteiger charge is -2.33. The summed E-state index contributed by atoms with van der Waals surface area (Å²) in [5, 5.41) is 12.6. The van der Waals surface area contributed by atoms with E-state index in [2.05, 4.69) is 5.32 Å². The van der Waals surface area contributed by atoms with Crippen LogP contribution in [0.25, 0.3) is 6.08 Å². The first-order valence-corrected chi connectivity index (χ1v) is 15.8. The minimum atomic E-state index is -0.846. The molecular weight excluding hydrogens is 610 g/mol. The number of carbonyl (C=O) groups excluding carboxylic acids is 5. The van der Waals surface area contributed by atoms with E-state index in [1.165, 1.54) is 15.9 Å². The molecule has 3 amide bonds. The Morgan fingerprint density at radius 1 is 1.15 bits per heavy atom. The topological polar surface area (TPSA) is 161 Å². The SMILES string of the molecule is CN(C)C(=O)C=Cc1ccccc1C(=O)O[C@@H]1CC(C(=O)N2CCC[C@@H]2C(=O)N[C@H](CO)CCC(=O)OC(C)(C)C)=C[C@H]2OCO[C@H]21. The molecule has 0 unspecified atom stereocenters. The Kier molecular flexibility index (Phi) is 11.9. The van der Waals surface area contributed by atoms with Gasteiger partial charge in [0.2, 0.25) is 17.7 Å². The third-order valence-electron chi connectivity index (χ3n) is 8.06. The van der Waals surface area contributed by atoms with Crippen LogP contribution in [0, 0.1) is 0 Å². The molecule has 2 heterocycles. The Balaban J connectivity index is 1.42. The van der Waals surface area contributed by atoms with Crippen LogP contribution in [-0.2, 0) is 38.1 Å². The van der Waals surface area contributed by atoms with Crippen molar-refractivity contribution in [3.05, 3.63) is 53.1 Å². The third kappa shape index (κ3) is 9.49. The summed E-state index contributed by atoms with van der Waals surface area (Å²) >= 11 is 0. The van der Waals surface area contributed by atoms with E-state index >= 15 is 0 Å². The second-order valence-corrected chi connectivity index (χ2v) is 13.0. The van der Waals surface area contributed by atoms with Crippen molar-refractivity contribution >= 4 is 35.7 Å². The second-order valence-electron chi connectivity index (χ2n) is 13.0. The Hall–Kier alpha value is -4.07. The number of likely N-dealkylation sites (N-methyl/N-ethyl adjacent to an activating group) is 1. The maximum Gasteiger partial charge on any atom is 0.339 e. The zero-order chi connectivity index (χ0) is 34.3. The average Bonchev–Trinajstić information content (AvgIpc) is 3.71. The summed E-state index contributed by atoms with van der Waals surface area (Å²) in [5.41, 5.74) is 0.432. The molecule has 1 aliphatic carbocycles. The van der Waals surface area contributed by atoms with Crippen LogP contribution in [0.4, 0.5) is 0 Å². The predicted molar refractivity (Wildman–Crippen MR) is 170 cm³/mol. The number of benzene rings is 1. The number of esters is 2. The summed E-state index contributed by atoms with van der Waals surface area (Å²) in [4.78, 5) is 67.7. The molecule has 2 fully saturated rings. The standard InChI is InChI=1S/C34H45N3O10/c1-34(2,3)47-29(40)15-13-23(19-38)35-31(41)25-11-8-16-37(25)32(42)22-17-26-30(45-20-44-26)27(18-22)46-33(43)24-10-7-6-9-21(24)12-14-28(39)36(4)5/h6-7,9-10,12,14,17,23,25-27,30,38H,8,11,13,15-16,18-20H2,1-5H3,(H,35,41)/t23-,25+,26+,27+,30+/m0/s1. The maximum atomic E-state index is 13.9. The van der Waals surface area contributed by atoms with Gasteiger partial charge in [-0.2, -0.15) is 0 Å². The summed E-state index contributed by atoms with van der Waals surface area (Å²) < 4.78 is 22.6. The van der Waals surface area contributed by atoms with E-state index in [1.807, 2.05) is 0 Å². The number of aliphatic hydroxyl groups excluding tert-OH is 1. The van der Waals surface area contributed by atoms with Crippen molar-refractivity contribution in [2.24, 2.45) is 0 Å². The summed E-state index contributed by atoms with van der Waals surface area (Å²) in [5.74, 6) is -2.12. The van der Waals surface area contributed by atoms with Crippen LogP contribution >= 0.6 is 0 Å². The van der Waals surface area contributed by atoms with E-state index in [0.29, 0.717) is 30.5 Å². The summed E-state index contributed by atoms with van der Waals surface area (Å²) in [6, 6.07) is 5.26. The lowest BCUT2D eigenvalue weighted by Crippen LogP contribution is -2.51. The molecule has 0 saturated carbocycles. The lowest BCUT2D eigenvalue weighted by molar-refractivity contribution is -0.155. The fourth-order valence-corrected chi connectivity index (χ4v) is 5.71. The smallest absolute Gasteiger partial charge is 0.339 e. The quantitative estimate of drug-likeness (QED) is 0.267. The van der Waals surface area contributed by atoms with Crippen molar-refractivity contribution in [1.82, 2.24) is 15.1 Å². The van der Waals surface area contributed by atoms with Crippen molar-refractivity contribution in [1.29, 1.82) is 0 Å². The van der Waals surface area contributed by atoms with Crippen molar-refractivity contribution < 1.29 is 48.0 Å². The minimum Gasteiger partial charge on any atom is -0.460 e. The summed E-state index contributed by atoms with van der Waals surface area (Å²) in [7, 11) is 3.25. The van der Waals surface area contributed by atoms with E-state index in [-0.39, 0.29) is 50.0 Å². The Bertz CT molecular complexity index is 1400. The van der Waals surface area contributed by atoms with E-state index < -0.39 is 53.8 Å². The molecule has 256 valence electrons. The van der Waals surface area contributed by atoms with E-state index in [4.69, 9.17) is 18.9 Å². The molecule has 2 saturated heterocycles. The number of nitrogens with one attached hydrogen (secondary N) is 1. The van der Waals surface area contributed by atoms with Crippen LogP contribution in [0.1, 0.15) is 68.8 Å². The van der Waals surface area contributed by atoms with Crippen molar-refractivity contribution in [2.45, 2.75) is 88.9 Å². The third-order valence-corrected chi connectivity index (χ3v) is 8.06. The van der Waals surface area contributed by atoms with Crippen LogP contribution in [0.5, 0.6) is 0 Å². The molecule has 2 N–H and O–H groups in total. The highest BCUT2D eigenvalue weighted by Crippen LogP contribution is 2.33. The van der Waals surface area contributed by atoms with Crippen molar-refractivity contribution in [3.8, 4) is 0 Å². The van der Waals surface area contributed by atoms with Gasteiger partial charge in [-0.3, -0.25) is 19.2 Å². The molecule has 0 bridgehead atoms. The van der Waals surface area contributed by atoms with E-state index in [9.17, 15) is 29.1 Å². The molecule has 13 nitrogen and oxygen atoms in total. The predicted octanol–water partition coefficient (Wildman–Crippen LogP) is 1.98. The number of rotatable bonds is 11. The van der Waals surface area contributed by atoms with Crippen LogP contribution in [0.15, 0.2) is 42.0 Å². The lowest BCUT2D eigenvalue weighted by atomic mass is 9.91. The van der Waals surface area contributed by atoms with Gasteiger partial charge in [0.1, 0.15) is 36.7 Å². The molecule has 2 aliphatic heterocycles. The number of hydrogen-bond acceptors (Lipinski definition) is 10. The van der Waals surface area contributed by atoms with Gasteiger partial charge in [-0.15, -0.1) is 0 Å². The number of aliphatic hydroxyl groups is 1. The molecule has 3 aliphatic rings. The van der Waals surface area contributed by atoms with Gasteiger partial charge in [0.25, 0.3) is 0 Å². The monoisotopic (exact) mass is 655 g/mol. The molecule has 47 heavy (non-hydrogen) atoms. The molecule has 1 aromatic rings.